The summed E-state index contributed by atoms with van der Waals surface area (Å²) in [7, 11) is 0. The van der Waals surface area contributed by atoms with Crippen LogP contribution < -0.4 is 0 Å². The van der Waals surface area contributed by atoms with E-state index in [1.54, 1.807) is 6.92 Å². The molecule has 0 heterocycles. The first kappa shape index (κ1) is 11.1. The summed E-state index contributed by atoms with van der Waals surface area (Å²) in [5.41, 5.74) is 1.34. The second-order valence-corrected chi connectivity index (χ2v) is 3.61. The zero-order chi connectivity index (χ0) is 10.9. The van der Waals surface area contributed by atoms with E-state index in [-0.39, 0.29) is 5.92 Å². The first-order chi connectivity index (χ1) is 6.32. The minimum atomic E-state index is -4.24. The highest BCUT2D eigenvalue weighted by Gasteiger charge is 2.32. The van der Waals surface area contributed by atoms with E-state index in [0.717, 1.165) is 17.2 Å². The van der Waals surface area contributed by atoms with Crippen molar-refractivity contribution in [3.63, 3.8) is 0 Å². The lowest BCUT2D eigenvalue weighted by Crippen LogP contribution is -2.10. The molecule has 0 saturated heterocycles. The molecule has 1 aliphatic carbocycles. The molecule has 0 nitrogen and oxygen atoms in total. The third kappa shape index (κ3) is 2.28. The van der Waals surface area contributed by atoms with Crippen molar-refractivity contribution in [2.24, 2.45) is 5.92 Å². The summed E-state index contributed by atoms with van der Waals surface area (Å²) in [4.78, 5) is 0. The Morgan fingerprint density at radius 1 is 1.14 bits per heavy atom. The van der Waals surface area contributed by atoms with Crippen molar-refractivity contribution >= 4 is 0 Å². The normalized spacial score (nSPS) is 23.6. The molecule has 0 saturated carbocycles. The molecule has 0 bridgehead atoms. The molecule has 0 amide bonds. The van der Waals surface area contributed by atoms with Crippen molar-refractivity contribution in [1.29, 1.82) is 0 Å². The molecule has 78 valence electrons. The van der Waals surface area contributed by atoms with Gasteiger partial charge in [-0.15, -0.1) is 0 Å². The van der Waals surface area contributed by atoms with Gasteiger partial charge in [-0.2, -0.15) is 13.2 Å². The molecule has 1 aliphatic rings. The predicted octanol–water partition coefficient (Wildman–Crippen LogP) is 4.02. The van der Waals surface area contributed by atoms with Gasteiger partial charge in [-0.1, -0.05) is 36.3 Å². The highest BCUT2D eigenvalue weighted by molar-refractivity contribution is 5.38. The molecule has 1 unspecified atom stereocenters. The maximum atomic E-state index is 12.4. The van der Waals surface area contributed by atoms with Crippen LogP contribution in [0.5, 0.6) is 0 Å². The number of rotatable bonds is 0. The predicted molar refractivity (Wildman–Crippen MR) is 50.8 cm³/mol. The maximum absolute atomic E-state index is 12.4. The van der Waals surface area contributed by atoms with Gasteiger partial charge in [0.05, 0.1) is 5.57 Å². The fourth-order valence-corrected chi connectivity index (χ4v) is 1.34. The molecular weight excluding hydrogens is 189 g/mol. The number of hydrogen-bond donors (Lipinski definition) is 0. The molecule has 0 aromatic carbocycles. The van der Waals surface area contributed by atoms with Crippen LogP contribution in [0.25, 0.3) is 0 Å². The fraction of sp³-hybridized carbons (Fsp3) is 0.455. The van der Waals surface area contributed by atoms with Crippen molar-refractivity contribution in [2.75, 3.05) is 0 Å². The first-order valence-electron chi connectivity index (χ1n) is 4.47. The standard InChI is InChI=1S/C11H13F3/c1-7-4-5-10(11(12,13)14)6-8(2)9(7)3/h4-6,8H,1-3H3. The monoisotopic (exact) mass is 202 g/mol. The lowest BCUT2D eigenvalue weighted by Gasteiger charge is -2.10. The SMILES string of the molecule is CC1=C(C)C(C)C=C(C(F)(F)F)C=C1. The van der Waals surface area contributed by atoms with Crippen molar-refractivity contribution in [2.45, 2.75) is 26.9 Å². The van der Waals surface area contributed by atoms with Gasteiger partial charge in [-0.3, -0.25) is 0 Å². The van der Waals surface area contributed by atoms with Crippen molar-refractivity contribution in [3.8, 4) is 0 Å². The molecule has 0 aromatic heterocycles. The van der Waals surface area contributed by atoms with Crippen LogP contribution in [0.15, 0.2) is 34.9 Å². The molecule has 0 fully saturated rings. The van der Waals surface area contributed by atoms with E-state index in [9.17, 15) is 13.2 Å². The first-order valence-corrected chi connectivity index (χ1v) is 4.47. The minimum Gasteiger partial charge on any atom is -0.166 e. The number of hydrogen-bond acceptors (Lipinski definition) is 0. The quantitative estimate of drug-likeness (QED) is 0.556. The van der Waals surface area contributed by atoms with Crippen molar-refractivity contribution < 1.29 is 13.2 Å². The van der Waals surface area contributed by atoms with Crippen LogP contribution in [0.4, 0.5) is 13.2 Å². The average molecular weight is 202 g/mol. The Hall–Kier alpha value is -0.990. The molecule has 14 heavy (non-hydrogen) atoms. The molecule has 0 radical (unpaired) electrons. The second-order valence-electron chi connectivity index (χ2n) is 3.61. The molecule has 0 spiro atoms. The zero-order valence-corrected chi connectivity index (χ0v) is 8.44. The summed E-state index contributed by atoms with van der Waals surface area (Å²) in [6.45, 7) is 5.47. The molecular formula is C11H13F3. The number of halogens is 3. The van der Waals surface area contributed by atoms with E-state index >= 15 is 0 Å². The Morgan fingerprint density at radius 2 is 1.71 bits per heavy atom. The molecule has 3 heteroatoms. The van der Waals surface area contributed by atoms with Crippen molar-refractivity contribution in [3.05, 3.63) is 34.9 Å². The fourth-order valence-electron chi connectivity index (χ4n) is 1.34. The zero-order valence-electron chi connectivity index (χ0n) is 8.44. The maximum Gasteiger partial charge on any atom is 0.416 e. The number of alkyl halides is 3. The summed E-state index contributed by atoms with van der Waals surface area (Å²) in [6, 6.07) is 0. The van der Waals surface area contributed by atoms with Crippen molar-refractivity contribution in [1.82, 2.24) is 0 Å². The third-order valence-electron chi connectivity index (χ3n) is 2.57. The van der Waals surface area contributed by atoms with Crippen LogP contribution in [0.3, 0.4) is 0 Å². The van der Waals surface area contributed by atoms with Crippen LogP contribution >= 0.6 is 0 Å². The van der Waals surface area contributed by atoms with Gasteiger partial charge in [0, 0.05) is 0 Å². The Kier molecular flexibility index (Phi) is 2.88. The molecule has 0 aromatic rings. The average Bonchev–Trinajstić information content (AvgIpc) is 2.17. The van der Waals surface area contributed by atoms with E-state index in [1.807, 2.05) is 13.8 Å². The Balaban J connectivity index is 3.09. The van der Waals surface area contributed by atoms with Gasteiger partial charge in [0.1, 0.15) is 0 Å². The summed E-state index contributed by atoms with van der Waals surface area (Å²) in [6.07, 6.45) is -0.307. The second kappa shape index (κ2) is 3.64. The van der Waals surface area contributed by atoms with Crippen LogP contribution in [0, 0.1) is 5.92 Å². The van der Waals surface area contributed by atoms with Gasteiger partial charge in [-0.05, 0) is 19.8 Å². The van der Waals surface area contributed by atoms with Gasteiger partial charge in [0.25, 0.3) is 0 Å². The summed E-state index contributed by atoms with van der Waals surface area (Å²) >= 11 is 0. The number of allylic oxidation sites excluding steroid dienone is 6. The smallest absolute Gasteiger partial charge is 0.166 e. The lowest BCUT2D eigenvalue weighted by atomic mass is 9.98. The Labute approximate surface area is 81.8 Å². The summed E-state index contributed by atoms with van der Waals surface area (Å²) < 4.78 is 37.2. The minimum absolute atomic E-state index is 0.151. The highest BCUT2D eigenvalue weighted by atomic mass is 19.4. The molecule has 1 rings (SSSR count). The van der Waals surface area contributed by atoms with Gasteiger partial charge >= 0.3 is 6.18 Å². The highest BCUT2D eigenvalue weighted by Crippen LogP contribution is 2.32. The lowest BCUT2D eigenvalue weighted by molar-refractivity contribution is -0.0885. The van der Waals surface area contributed by atoms with E-state index in [2.05, 4.69) is 0 Å². The summed E-state index contributed by atoms with van der Waals surface area (Å²) in [5, 5.41) is 0. The topological polar surface area (TPSA) is 0 Å². The summed E-state index contributed by atoms with van der Waals surface area (Å²) in [5.74, 6) is -0.151. The van der Waals surface area contributed by atoms with E-state index in [1.165, 1.54) is 12.2 Å². The van der Waals surface area contributed by atoms with Gasteiger partial charge in [-0.25, -0.2) is 0 Å². The van der Waals surface area contributed by atoms with E-state index in [0.29, 0.717) is 0 Å². The van der Waals surface area contributed by atoms with E-state index < -0.39 is 11.7 Å². The van der Waals surface area contributed by atoms with Gasteiger partial charge in [0.15, 0.2) is 0 Å². The van der Waals surface area contributed by atoms with Gasteiger partial charge in [0.2, 0.25) is 0 Å². The largest absolute Gasteiger partial charge is 0.416 e. The Morgan fingerprint density at radius 3 is 2.21 bits per heavy atom. The van der Waals surface area contributed by atoms with Crippen LogP contribution in [0.2, 0.25) is 0 Å². The van der Waals surface area contributed by atoms with Gasteiger partial charge < -0.3 is 0 Å². The Bertz CT molecular complexity index is 316. The van der Waals surface area contributed by atoms with Crippen LogP contribution in [-0.4, -0.2) is 6.18 Å². The third-order valence-corrected chi connectivity index (χ3v) is 2.57. The van der Waals surface area contributed by atoms with Crippen LogP contribution in [-0.2, 0) is 0 Å². The van der Waals surface area contributed by atoms with Crippen LogP contribution in [0.1, 0.15) is 20.8 Å². The van der Waals surface area contributed by atoms with E-state index in [4.69, 9.17) is 0 Å². The molecule has 0 N–H and O–H groups in total. The molecule has 0 aliphatic heterocycles. The molecule has 1 atom stereocenters.